The zero-order valence-electron chi connectivity index (χ0n) is 7.26. The Morgan fingerprint density at radius 2 is 2.15 bits per heavy atom. The fraction of sp³-hybridized carbons (Fsp3) is 0.857. The number of hydrogen-bond acceptors (Lipinski definition) is 4. The van der Waals surface area contributed by atoms with Crippen LogP contribution in [0.25, 0.3) is 0 Å². The SMILES string of the molecule is CS(=O)(=O)C[C@@H]1CC[C@H](C(=O)O)O1. The van der Waals surface area contributed by atoms with E-state index in [1.54, 1.807) is 0 Å². The topological polar surface area (TPSA) is 80.7 Å². The molecule has 1 saturated heterocycles. The van der Waals surface area contributed by atoms with Gasteiger partial charge in [-0.1, -0.05) is 0 Å². The maximum absolute atomic E-state index is 10.8. The standard InChI is InChI=1S/C7H12O5S/c1-13(10,11)4-5-2-3-6(12-5)7(8)9/h5-6H,2-4H2,1H3,(H,8,9)/t5-,6+/m0/s1. The van der Waals surface area contributed by atoms with E-state index >= 15 is 0 Å². The van der Waals surface area contributed by atoms with Crippen LogP contribution >= 0.6 is 0 Å². The average molecular weight is 208 g/mol. The summed E-state index contributed by atoms with van der Waals surface area (Å²) in [5.41, 5.74) is 0. The molecule has 1 heterocycles. The highest BCUT2D eigenvalue weighted by atomic mass is 32.2. The fourth-order valence-electron chi connectivity index (χ4n) is 1.35. The number of hydrogen-bond donors (Lipinski definition) is 1. The van der Waals surface area contributed by atoms with Crippen molar-refractivity contribution in [2.75, 3.05) is 12.0 Å². The van der Waals surface area contributed by atoms with Gasteiger partial charge in [-0.2, -0.15) is 0 Å². The molecule has 0 aromatic rings. The van der Waals surface area contributed by atoms with Crippen LogP contribution in [0.3, 0.4) is 0 Å². The summed E-state index contributed by atoms with van der Waals surface area (Å²) in [6, 6.07) is 0. The molecule has 0 saturated carbocycles. The molecule has 5 nitrogen and oxygen atoms in total. The van der Waals surface area contributed by atoms with E-state index in [9.17, 15) is 13.2 Å². The first kappa shape index (κ1) is 10.5. The minimum Gasteiger partial charge on any atom is -0.479 e. The highest BCUT2D eigenvalue weighted by molar-refractivity contribution is 7.90. The number of ether oxygens (including phenoxy) is 1. The third-order valence-corrected chi connectivity index (χ3v) is 2.85. The largest absolute Gasteiger partial charge is 0.479 e. The first-order chi connectivity index (χ1) is 5.88. The maximum Gasteiger partial charge on any atom is 0.332 e. The molecule has 0 aromatic heterocycles. The van der Waals surface area contributed by atoms with Crippen LogP contribution in [-0.2, 0) is 19.4 Å². The Morgan fingerprint density at radius 3 is 2.54 bits per heavy atom. The molecule has 0 spiro atoms. The molecule has 0 bridgehead atoms. The molecule has 76 valence electrons. The Morgan fingerprint density at radius 1 is 1.54 bits per heavy atom. The van der Waals surface area contributed by atoms with Crippen LogP contribution in [0.4, 0.5) is 0 Å². The van der Waals surface area contributed by atoms with Crippen LogP contribution < -0.4 is 0 Å². The molecule has 0 unspecified atom stereocenters. The van der Waals surface area contributed by atoms with E-state index in [4.69, 9.17) is 9.84 Å². The summed E-state index contributed by atoms with van der Waals surface area (Å²) in [6.07, 6.45) is 0.743. The van der Waals surface area contributed by atoms with Crippen molar-refractivity contribution in [1.29, 1.82) is 0 Å². The Balaban J connectivity index is 2.47. The van der Waals surface area contributed by atoms with Crippen LogP contribution in [-0.4, -0.2) is 43.7 Å². The predicted molar refractivity (Wildman–Crippen MR) is 45.2 cm³/mol. The van der Waals surface area contributed by atoms with E-state index < -0.39 is 28.0 Å². The number of carboxylic acid groups (broad SMARTS) is 1. The molecular weight excluding hydrogens is 196 g/mol. The normalized spacial score (nSPS) is 29.0. The van der Waals surface area contributed by atoms with Gasteiger partial charge in [-0.25, -0.2) is 13.2 Å². The molecule has 1 aliphatic rings. The van der Waals surface area contributed by atoms with Gasteiger partial charge in [0.1, 0.15) is 9.84 Å². The molecule has 6 heteroatoms. The van der Waals surface area contributed by atoms with Gasteiger partial charge >= 0.3 is 5.97 Å². The predicted octanol–water partition coefficient (Wildman–Crippen LogP) is -0.337. The monoisotopic (exact) mass is 208 g/mol. The van der Waals surface area contributed by atoms with Gasteiger partial charge in [0.2, 0.25) is 0 Å². The van der Waals surface area contributed by atoms with Gasteiger partial charge in [-0.15, -0.1) is 0 Å². The Kier molecular flexibility index (Phi) is 2.92. The molecule has 0 aliphatic carbocycles. The molecule has 1 rings (SSSR count). The van der Waals surface area contributed by atoms with E-state index in [0.29, 0.717) is 12.8 Å². The molecule has 1 fully saturated rings. The summed E-state index contributed by atoms with van der Waals surface area (Å²) in [6.45, 7) is 0. The summed E-state index contributed by atoms with van der Waals surface area (Å²) < 4.78 is 26.7. The number of carboxylic acids is 1. The lowest BCUT2D eigenvalue weighted by molar-refractivity contribution is -0.148. The van der Waals surface area contributed by atoms with Crippen molar-refractivity contribution >= 4 is 15.8 Å². The van der Waals surface area contributed by atoms with Gasteiger partial charge in [0.05, 0.1) is 11.9 Å². The summed E-state index contributed by atoms with van der Waals surface area (Å²) in [4.78, 5) is 10.4. The number of carbonyl (C=O) groups is 1. The molecule has 1 N–H and O–H groups in total. The van der Waals surface area contributed by atoms with Crippen molar-refractivity contribution < 1.29 is 23.1 Å². The highest BCUT2D eigenvalue weighted by Gasteiger charge is 2.32. The lowest BCUT2D eigenvalue weighted by Gasteiger charge is -2.08. The second kappa shape index (κ2) is 3.63. The Bertz CT molecular complexity index is 294. The van der Waals surface area contributed by atoms with Gasteiger partial charge in [0.25, 0.3) is 0 Å². The number of rotatable bonds is 3. The van der Waals surface area contributed by atoms with Crippen molar-refractivity contribution in [2.45, 2.75) is 25.0 Å². The van der Waals surface area contributed by atoms with Gasteiger partial charge in [-0.3, -0.25) is 0 Å². The minimum atomic E-state index is -3.07. The van der Waals surface area contributed by atoms with Gasteiger partial charge in [0.15, 0.2) is 6.10 Å². The van der Waals surface area contributed by atoms with Crippen LogP contribution in [0.1, 0.15) is 12.8 Å². The maximum atomic E-state index is 10.8. The quantitative estimate of drug-likeness (QED) is 0.686. The van der Waals surface area contributed by atoms with E-state index in [-0.39, 0.29) is 5.75 Å². The zero-order valence-corrected chi connectivity index (χ0v) is 8.08. The number of sulfone groups is 1. The van der Waals surface area contributed by atoms with Crippen LogP contribution in [0, 0.1) is 0 Å². The van der Waals surface area contributed by atoms with Crippen LogP contribution in [0.15, 0.2) is 0 Å². The first-order valence-electron chi connectivity index (χ1n) is 3.94. The van der Waals surface area contributed by atoms with E-state index in [1.165, 1.54) is 0 Å². The third kappa shape index (κ3) is 3.31. The van der Waals surface area contributed by atoms with Crippen molar-refractivity contribution in [3.05, 3.63) is 0 Å². The van der Waals surface area contributed by atoms with Crippen LogP contribution in [0.5, 0.6) is 0 Å². The summed E-state index contributed by atoms with van der Waals surface area (Å²) in [5, 5.41) is 8.55. The van der Waals surface area contributed by atoms with Gasteiger partial charge in [-0.05, 0) is 12.8 Å². The van der Waals surface area contributed by atoms with Crippen molar-refractivity contribution in [3.8, 4) is 0 Å². The molecule has 0 amide bonds. The van der Waals surface area contributed by atoms with Crippen LogP contribution in [0.2, 0.25) is 0 Å². The van der Waals surface area contributed by atoms with Crippen molar-refractivity contribution in [1.82, 2.24) is 0 Å². The van der Waals surface area contributed by atoms with Gasteiger partial charge in [0, 0.05) is 6.26 Å². The molecule has 0 aromatic carbocycles. The summed E-state index contributed by atoms with van der Waals surface area (Å²) in [5.74, 6) is -1.10. The fourth-order valence-corrected chi connectivity index (χ4v) is 2.27. The second-order valence-electron chi connectivity index (χ2n) is 3.25. The Labute approximate surface area is 76.6 Å². The lowest BCUT2D eigenvalue weighted by atomic mass is 10.2. The smallest absolute Gasteiger partial charge is 0.332 e. The first-order valence-corrected chi connectivity index (χ1v) is 6.00. The molecule has 2 atom stereocenters. The molecular formula is C7H12O5S. The highest BCUT2D eigenvalue weighted by Crippen LogP contribution is 2.20. The van der Waals surface area contributed by atoms with Gasteiger partial charge < -0.3 is 9.84 Å². The van der Waals surface area contributed by atoms with E-state index in [1.807, 2.05) is 0 Å². The molecule has 13 heavy (non-hydrogen) atoms. The number of aliphatic carboxylic acids is 1. The van der Waals surface area contributed by atoms with E-state index in [0.717, 1.165) is 6.26 Å². The minimum absolute atomic E-state index is 0.0865. The summed E-state index contributed by atoms with van der Waals surface area (Å²) >= 11 is 0. The molecule has 1 aliphatic heterocycles. The molecule has 0 radical (unpaired) electrons. The lowest BCUT2D eigenvalue weighted by Crippen LogP contribution is -2.24. The third-order valence-electron chi connectivity index (χ3n) is 1.87. The summed E-state index contributed by atoms with van der Waals surface area (Å²) in [7, 11) is -3.07. The van der Waals surface area contributed by atoms with Crippen molar-refractivity contribution in [3.63, 3.8) is 0 Å². The van der Waals surface area contributed by atoms with E-state index in [2.05, 4.69) is 0 Å². The average Bonchev–Trinajstić information content (AvgIpc) is 2.31. The van der Waals surface area contributed by atoms with Crippen molar-refractivity contribution in [2.24, 2.45) is 0 Å². The Hall–Kier alpha value is -0.620. The zero-order chi connectivity index (χ0) is 10.1. The second-order valence-corrected chi connectivity index (χ2v) is 5.44.